The first-order valence-corrected chi connectivity index (χ1v) is 8.70. The molecule has 0 saturated heterocycles. The largest absolute Gasteiger partial charge is 0.457 e. The number of benzene rings is 1. The summed E-state index contributed by atoms with van der Waals surface area (Å²) in [6, 6.07) is 9.22. The molecule has 1 aliphatic rings. The van der Waals surface area contributed by atoms with Crippen molar-refractivity contribution in [1.82, 2.24) is 5.01 Å². The number of ketones is 1. The Morgan fingerprint density at radius 3 is 2.41 bits per heavy atom. The second-order valence-corrected chi connectivity index (χ2v) is 6.80. The molecule has 0 atom stereocenters. The van der Waals surface area contributed by atoms with Crippen LogP contribution in [0.5, 0.6) is 0 Å². The summed E-state index contributed by atoms with van der Waals surface area (Å²) in [6.45, 7) is 5.67. The summed E-state index contributed by atoms with van der Waals surface area (Å²) in [5.41, 5.74) is 0.368. The zero-order valence-corrected chi connectivity index (χ0v) is 15.8. The molecule has 0 unspecified atom stereocenters. The van der Waals surface area contributed by atoms with Gasteiger partial charge in [-0.25, -0.2) is 10.6 Å². The topological polar surface area (TPSA) is 89.7 Å². The average Bonchev–Trinajstić information content (AvgIpc) is 2.83. The van der Waals surface area contributed by atoms with Crippen LogP contribution in [0.2, 0.25) is 0 Å². The number of hydrazine groups is 1. The summed E-state index contributed by atoms with van der Waals surface area (Å²) < 4.78 is 5.38. The molecule has 2 rings (SSSR count). The van der Waals surface area contributed by atoms with Gasteiger partial charge in [-0.15, -0.1) is 0 Å². The molecule has 0 radical (unpaired) electrons. The third-order valence-corrected chi connectivity index (χ3v) is 4.07. The van der Waals surface area contributed by atoms with Crippen molar-refractivity contribution >= 4 is 17.7 Å². The predicted molar refractivity (Wildman–Crippen MR) is 102 cm³/mol. The fourth-order valence-electron chi connectivity index (χ4n) is 2.54. The van der Waals surface area contributed by atoms with Crippen molar-refractivity contribution in [2.45, 2.75) is 27.4 Å². The number of esters is 1. The summed E-state index contributed by atoms with van der Waals surface area (Å²) in [5, 5.41) is 0.815. The SMILES string of the molecule is CCN(N)C(=O)C(=O)C1=CC=CC(C)(C)C=C1C(=O)OCc1ccccc1. The molecule has 0 bridgehead atoms. The number of nitrogens with zero attached hydrogens (tertiary/aromatic N) is 1. The molecule has 1 aliphatic carbocycles. The maximum atomic E-state index is 12.7. The van der Waals surface area contributed by atoms with Crippen LogP contribution in [-0.2, 0) is 25.7 Å². The highest BCUT2D eigenvalue weighted by Crippen LogP contribution is 2.29. The highest BCUT2D eigenvalue weighted by atomic mass is 16.5. The highest BCUT2D eigenvalue weighted by molar-refractivity contribution is 6.44. The lowest BCUT2D eigenvalue weighted by Crippen LogP contribution is -2.42. The number of Topliss-reactive ketones (excluding diaryl/α,β-unsaturated/α-hetero) is 1. The number of carbonyl (C=O) groups is 3. The van der Waals surface area contributed by atoms with Crippen LogP contribution in [0, 0.1) is 5.41 Å². The lowest BCUT2D eigenvalue weighted by molar-refractivity contribution is -0.143. The molecule has 0 aliphatic heterocycles. The van der Waals surface area contributed by atoms with E-state index in [1.165, 1.54) is 6.08 Å². The van der Waals surface area contributed by atoms with Crippen molar-refractivity contribution in [1.29, 1.82) is 0 Å². The van der Waals surface area contributed by atoms with Gasteiger partial charge in [-0.3, -0.25) is 14.6 Å². The van der Waals surface area contributed by atoms with E-state index in [0.717, 1.165) is 10.6 Å². The number of ether oxygens (including phenoxy) is 1. The maximum absolute atomic E-state index is 12.7. The first-order valence-electron chi connectivity index (χ1n) is 8.70. The molecule has 27 heavy (non-hydrogen) atoms. The highest BCUT2D eigenvalue weighted by Gasteiger charge is 2.31. The maximum Gasteiger partial charge on any atom is 0.338 e. The third-order valence-electron chi connectivity index (χ3n) is 4.07. The fraction of sp³-hybridized carbons (Fsp3) is 0.286. The van der Waals surface area contributed by atoms with Gasteiger partial charge in [0.2, 0.25) is 0 Å². The quantitative estimate of drug-likeness (QED) is 0.274. The number of nitrogens with two attached hydrogens (primary N) is 1. The predicted octanol–water partition coefficient (Wildman–Crippen LogP) is 2.47. The molecule has 0 aromatic heterocycles. The Kier molecular flexibility index (Phi) is 6.47. The molecular weight excluding hydrogens is 344 g/mol. The van der Waals surface area contributed by atoms with Gasteiger partial charge in [0.25, 0.3) is 5.78 Å². The summed E-state index contributed by atoms with van der Waals surface area (Å²) in [5.74, 6) is 3.17. The Morgan fingerprint density at radius 2 is 1.78 bits per heavy atom. The number of amides is 1. The average molecular weight is 368 g/mol. The van der Waals surface area contributed by atoms with Crippen LogP contribution in [0.15, 0.2) is 65.8 Å². The van der Waals surface area contributed by atoms with E-state index in [1.807, 2.05) is 50.3 Å². The van der Waals surface area contributed by atoms with Crippen molar-refractivity contribution in [2.75, 3.05) is 6.54 Å². The minimum Gasteiger partial charge on any atom is -0.457 e. The molecule has 0 fully saturated rings. The van der Waals surface area contributed by atoms with E-state index in [1.54, 1.807) is 19.1 Å². The van der Waals surface area contributed by atoms with Crippen LogP contribution in [-0.4, -0.2) is 29.2 Å². The minimum absolute atomic E-state index is 0.0243. The zero-order valence-electron chi connectivity index (χ0n) is 15.8. The third kappa shape index (κ3) is 5.24. The van der Waals surface area contributed by atoms with E-state index in [0.29, 0.717) is 0 Å². The number of rotatable bonds is 6. The number of likely N-dealkylation sites (N-methyl/N-ethyl adjacent to an activating group) is 1. The Bertz CT molecular complexity index is 820. The Morgan fingerprint density at radius 1 is 1.11 bits per heavy atom. The van der Waals surface area contributed by atoms with Crippen molar-refractivity contribution in [3.05, 3.63) is 71.3 Å². The van der Waals surface area contributed by atoms with Gasteiger partial charge >= 0.3 is 11.9 Å². The van der Waals surface area contributed by atoms with E-state index in [9.17, 15) is 14.4 Å². The monoisotopic (exact) mass is 368 g/mol. The van der Waals surface area contributed by atoms with Crippen molar-refractivity contribution in [3.63, 3.8) is 0 Å². The standard InChI is InChI=1S/C21H24N2O4/c1-4-23(22)19(25)18(24)16-11-8-12-21(2,3)13-17(16)20(26)27-14-15-9-6-5-7-10-15/h5-13H,4,14,22H2,1-3H3. The molecule has 142 valence electrons. The first-order chi connectivity index (χ1) is 12.7. The molecule has 1 aromatic rings. The van der Waals surface area contributed by atoms with Gasteiger partial charge in [-0.1, -0.05) is 68.5 Å². The summed E-state index contributed by atoms with van der Waals surface area (Å²) >= 11 is 0. The van der Waals surface area contributed by atoms with Gasteiger partial charge in [0.05, 0.1) is 5.57 Å². The molecule has 2 N–H and O–H groups in total. The number of allylic oxidation sites excluding steroid dienone is 4. The van der Waals surface area contributed by atoms with Crippen LogP contribution in [0.25, 0.3) is 0 Å². The van der Waals surface area contributed by atoms with E-state index in [4.69, 9.17) is 10.6 Å². The van der Waals surface area contributed by atoms with Crippen molar-refractivity contribution < 1.29 is 19.1 Å². The van der Waals surface area contributed by atoms with Crippen LogP contribution in [0.1, 0.15) is 26.3 Å². The molecule has 0 saturated carbocycles. The van der Waals surface area contributed by atoms with Crippen molar-refractivity contribution in [3.8, 4) is 0 Å². The van der Waals surface area contributed by atoms with E-state index in [2.05, 4.69) is 0 Å². The van der Waals surface area contributed by atoms with Gasteiger partial charge in [-0.2, -0.15) is 0 Å². The number of hydrogen-bond acceptors (Lipinski definition) is 5. The summed E-state index contributed by atoms with van der Waals surface area (Å²) in [7, 11) is 0. The lowest BCUT2D eigenvalue weighted by atomic mass is 9.89. The van der Waals surface area contributed by atoms with Crippen LogP contribution >= 0.6 is 0 Å². The zero-order chi connectivity index (χ0) is 20.0. The molecule has 6 nitrogen and oxygen atoms in total. The minimum atomic E-state index is -0.876. The van der Waals surface area contributed by atoms with Gasteiger partial charge in [-0.05, 0) is 12.5 Å². The molecule has 0 spiro atoms. The fourth-order valence-corrected chi connectivity index (χ4v) is 2.54. The second kappa shape index (κ2) is 8.60. The van der Waals surface area contributed by atoms with Gasteiger partial charge in [0, 0.05) is 17.5 Å². The lowest BCUT2D eigenvalue weighted by Gasteiger charge is -2.18. The Balaban J connectivity index is 2.29. The molecular formula is C21H24N2O4. The van der Waals surface area contributed by atoms with E-state index >= 15 is 0 Å². The molecule has 6 heteroatoms. The van der Waals surface area contributed by atoms with Gasteiger partial charge in [0.15, 0.2) is 0 Å². The first kappa shape index (κ1) is 20.3. The molecule has 1 aromatic carbocycles. The van der Waals surface area contributed by atoms with Crippen molar-refractivity contribution in [2.24, 2.45) is 11.3 Å². The number of hydrogen-bond donors (Lipinski definition) is 1. The summed E-state index contributed by atoms with van der Waals surface area (Å²) in [6.07, 6.45) is 6.57. The smallest absolute Gasteiger partial charge is 0.338 e. The second-order valence-electron chi connectivity index (χ2n) is 6.80. The Hall–Kier alpha value is -2.99. The number of carbonyl (C=O) groups excluding carboxylic acids is 3. The summed E-state index contributed by atoms with van der Waals surface area (Å²) in [4.78, 5) is 37.6. The molecule has 1 amide bonds. The van der Waals surface area contributed by atoms with Gasteiger partial charge < -0.3 is 4.74 Å². The normalized spacial score (nSPS) is 15.3. The van der Waals surface area contributed by atoms with Crippen LogP contribution < -0.4 is 5.84 Å². The van der Waals surface area contributed by atoms with Crippen LogP contribution in [0.3, 0.4) is 0 Å². The van der Waals surface area contributed by atoms with E-state index in [-0.39, 0.29) is 24.3 Å². The molecule has 0 heterocycles. The Labute approximate surface area is 158 Å². The van der Waals surface area contributed by atoms with Gasteiger partial charge in [0.1, 0.15) is 6.61 Å². The van der Waals surface area contributed by atoms with Crippen LogP contribution in [0.4, 0.5) is 0 Å². The van der Waals surface area contributed by atoms with E-state index < -0.39 is 23.1 Å².